The summed E-state index contributed by atoms with van der Waals surface area (Å²) in [5.41, 5.74) is 5.62. The first-order valence-corrected chi connectivity index (χ1v) is 5.04. The van der Waals surface area contributed by atoms with E-state index < -0.39 is 17.5 Å². The smallest absolute Gasteiger partial charge is 0.224 e. The van der Waals surface area contributed by atoms with Crippen LogP contribution in [0.25, 0.3) is 0 Å². The molecule has 94 valence electrons. The lowest BCUT2D eigenvalue weighted by atomic mass is 10.3. The molecule has 8 heteroatoms. The van der Waals surface area contributed by atoms with E-state index in [0.717, 1.165) is 12.1 Å². The van der Waals surface area contributed by atoms with Crippen molar-refractivity contribution in [1.29, 1.82) is 0 Å². The number of aromatic nitrogens is 2. The highest BCUT2D eigenvalue weighted by atomic mass is 35.5. The number of halogens is 4. The summed E-state index contributed by atoms with van der Waals surface area (Å²) in [5, 5.41) is 2.43. The van der Waals surface area contributed by atoms with Gasteiger partial charge in [0.15, 0.2) is 23.3 Å². The molecular formula is C10H6ClF3N4. The Morgan fingerprint density at radius 3 is 2.39 bits per heavy atom. The minimum absolute atomic E-state index is 0.0483. The van der Waals surface area contributed by atoms with Gasteiger partial charge in [0.2, 0.25) is 5.28 Å². The molecule has 0 unspecified atom stereocenters. The summed E-state index contributed by atoms with van der Waals surface area (Å²) in [4.78, 5) is 7.34. The van der Waals surface area contributed by atoms with Crippen LogP contribution in [0.1, 0.15) is 0 Å². The second-order valence-electron chi connectivity index (χ2n) is 3.32. The van der Waals surface area contributed by atoms with Crippen LogP contribution < -0.4 is 11.1 Å². The minimum atomic E-state index is -1.55. The van der Waals surface area contributed by atoms with Gasteiger partial charge in [-0.05, 0) is 11.6 Å². The Morgan fingerprint density at radius 2 is 1.78 bits per heavy atom. The zero-order chi connectivity index (χ0) is 13.3. The lowest BCUT2D eigenvalue weighted by Crippen LogP contribution is -2.02. The van der Waals surface area contributed by atoms with Crippen molar-refractivity contribution in [3.63, 3.8) is 0 Å². The maximum absolute atomic E-state index is 13.0. The van der Waals surface area contributed by atoms with E-state index in [2.05, 4.69) is 15.3 Å². The van der Waals surface area contributed by atoms with Gasteiger partial charge in [0.25, 0.3) is 0 Å². The SMILES string of the molecule is Nc1cnc(Cl)nc1Nc1cc(F)c(F)c(F)c1. The van der Waals surface area contributed by atoms with Gasteiger partial charge in [0.05, 0.1) is 11.9 Å². The molecule has 0 saturated heterocycles. The third-order valence-corrected chi connectivity index (χ3v) is 2.22. The van der Waals surface area contributed by atoms with E-state index in [0.29, 0.717) is 0 Å². The molecule has 0 amide bonds. The molecule has 0 saturated carbocycles. The van der Waals surface area contributed by atoms with Crippen molar-refractivity contribution < 1.29 is 13.2 Å². The van der Waals surface area contributed by atoms with Gasteiger partial charge >= 0.3 is 0 Å². The van der Waals surface area contributed by atoms with Crippen molar-refractivity contribution in [2.45, 2.75) is 0 Å². The molecule has 0 aliphatic rings. The van der Waals surface area contributed by atoms with Crippen LogP contribution in [0.3, 0.4) is 0 Å². The van der Waals surface area contributed by atoms with Crippen molar-refractivity contribution in [2.75, 3.05) is 11.1 Å². The average Bonchev–Trinajstić information content (AvgIpc) is 2.31. The molecule has 1 heterocycles. The quantitative estimate of drug-likeness (QED) is 0.653. The van der Waals surface area contributed by atoms with Crippen molar-refractivity contribution in [2.24, 2.45) is 0 Å². The summed E-state index contributed by atoms with van der Waals surface area (Å²) in [6.07, 6.45) is 1.23. The van der Waals surface area contributed by atoms with E-state index in [1.165, 1.54) is 6.20 Å². The number of hydrogen-bond acceptors (Lipinski definition) is 4. The molecule has 0 aliphatic carbocycles. The standard InChI is InChI=1S/C10H6ClF3N4/c11-10-16-3-7(15)9(18-10)17-4-1-5(12)8(14)6(13)2-4/h1-3H,15H2,(H,16,17,18). The normalized spacial score (nSPS) is 10.4. The molecule has 18 heavy (non-hydrogen) atoms. The third kappa shape index (κ3) is 2.45. The van der Waals surface area contributed by atoms with E-state index in [1.54, 1.807) is 0 Å². The van der Waals surface area contributed by atoms with Crippen LogP contribution in [-0.2, 0) is 0 Å². The van der Waals surface area contributed by atoms with Crippen molar-refractivity contribution >= 4 is 28.8 Å². The lowest BCUT2D eigenvalue weighted by molar-refractivity contribution is 0.448. The highest BCUT2D eigenvalue weighted by Crippen LogP contribution is 2.24. The number of nitrogens with one attached hydrogen (secondary N) is 1. The summed E-state index contributed by atoms with van der Waals surface area (Å²) in [6, 6.07) is 1.54. The zero-order valence-corrected chi connectivity index (χ0v) is 9.47. The minimum Gasteiger partial charge on any atom is -0.394 e. The number of anilines is 3. The van der Waals surface area contributed by atoms with E-state index >= 15 is 0 Å². The molecule has 2 aromatic rings. The van der Waals surface area contributed by atoms with Gasteiger partial charge in [-0.25, -0.2) is 18.2 Å². The fourth-order valence-electron chi connectivity index (χ4n) is 1.23. The van der Waals surface area contributed by atoms with Gasteiger partial charge in [-0.2, -0.15) is 4.98 Å². The van der Waals surface area contributed by atoms with Crippen molar-refractivity contribution in [3.05, 3.63) is 41.1 Å². The van der Waals surface area contributed by atoms with Crippen LogP contribution in [0.5, 0.6) is 0 Å². The van der Waals surface area contributed by atoms with Gasteiger partial charge in [-0.3, -0.25) is 0 Å². The summed E-state index contributed by atoms with van der Waals surface area (Å²) >= 11 is 5.54. The Bertz CT molecular complexity index is 583. The van der Waals surface area contributed by atoms with Gasteiger partial charge in [-0.15, -0.1) is 0 Å². The fourth-order valence-corrected chi connectivity index (χ4v) is 1.37. The van der Waals surface area contributed by atoms with Crippen LogP contribution in [0.2, 0.25) is 5.28 Å². The number of nitrogens with two attached hydrogens (primary N) is 1. The molecule has 0 radical (unpaired) electrons. The first kappa shape index (κ1) is 12.4. The molecule has 0 fully saturated rings. The van der Waals surface area contributed by atoms with Gasteiger partial charge in [-0.1, -0.05) is 0 Å². The van der Waals surface area contributed by atoms with Crippen LogP contribution in [0, 0.1) is 17.5 Å². The Morgan fingerprint density at radius 1 is 1.17 bits per heavy atom. The van der Waals surface area contributed by atoms with Crippen molar-refractivity contribution in [3.8, 4) is 0 Å². The van der Waals surface area contributed by atoms with Crippen LogP contribution in [-0.4, -0.2) is 9.97 Å². The molecule has 1 aromatic carbocycles. The monoisotopic (exact) mass is 274 g/mol. The topological polar surface area (TPSA) is 63.8 Å². The molecule has 3 N–H and O–H groups in total. The number of hydrogen-bond donors (Lipinski definition) is 2. The van der Waals surface area contributed by atoms with Crippen LogP contribution in [0.4, 0.5) is 30.4 Å². The zero-order valence-electron chi connectivity index (χ0n) is 8.72. The Kier molecular flexibility index (Phi) is 3.24. The van der Waals surface area contributed by atoms with E-state index in [-0.39, 0.29) is 22.5 Å². The number of nitrogens with zero attached hydrogens (tertiary/aromatic N) is 2. The highest BCUT2D eigenvalue weighted by Gasteiger charge is 2.12. The lowest BCUT2D eigenvalue weighted by Gasteiger charge is -2.08. The second kappa shape index (κ2) is 4.69. The second-order valence-corrected chi connectivity index (χ2v) is 3.66. The maximum atomic E-state index is 13.0. The predicted octanol–water partition coefficient (Wildman–Crippen LogP) is 2.87. The molecule has 2 rings (SSSR count). The Hall–Kier alpha value is -2.02. The van der Waals surface area contributed by atoms with Gasteiger partial charge in [0.1, 0.15) is 0 Å². The highest BCUT2D eigenvalue weighted by molar-refractivity contribution is 6.28. The molecule has 0 atom stereocenters. The fraction of sp³-hybridized carbons (Fsp3) is 0. The van der Waals surface area contributed by atoms with Gasteiger partial charge in [0, 0.05) is 17.8 Å². The largest absolute Gasteiger partial charge is 0.394 e. The first-order chi connectivity index (χ1) is 8.47. The van der Waals surface area contributed by atoms with E-state index in [9.17, 15) is 13.2 Å². The maximum Gasteiger partial charge on any atom is 0.224 e. The number of benzene rings is 1. The average molecular weight is 275 g/mol. The van der Waals surface area contributed by atoms with Gasteiger partial charge < -0.3 is 11.1 Å². The first-order valence-electron chi connectivity index (χ1n) is 4.67. The van der Waals surface area contributed by atoms with Crippen molar-refractivity contribution in [1.82, 2.24) is 9.97 Å². The summed E-state index contributed by atoms with van der Waals surface area (Å²) in [6.45, 7) is 0. The van der Waals surface area contributed by atoms with Crippen LogP contribution in [0.15, 0.2) is 18.3 Å². The molecule has 1 aromatic heterocycles. The molecule has 4 nitrogen and oxygen atoms in total. The summed E-state index contributed by atoms with van der Waals surface area (Å²) in [5.74, 6) is -4.12. The van der Waals surface area contributed by atoms with Crippen LogP contribution >= 0.6 is 11.6 Å². The molecule has 0 bridgehead atoms. The number of rotatable bonds is 2. The summed E-state index contributed by atoms with van der Waals surface area (Å²) < 4.78 is 38.7. The predicted molar refractivity (Wildman–Crippen MR) is 61.1 cm³/mol. The molecule has 0 spiro atoms. The molecule has 0 aliphatic heterocycles. The number of nitrogen functional groups attached to an aromatic ring is 1. The molecular weight excluding hydrogens is 269 g/mol. The third-order valence-electron chi connectivity index (χ3n) is 2.03. The van der Waals surface area contributed by atoms with E-state index in [4.69, 9.17) is 17.3 Å². The summed E-state index contributed by atoms with van der Waals surface area (Å²) in [7, 11) is 0. The Labute approximate surface area is 105 Å². The Balaban J connectivity index is 2.37. The van der Waals surface area contributed by atoms with E-state index in [1.807, 2.05) is 0 Å².